The average Bonchev–Trinajstić information content (AvgIpc) is 3.11. The molecule has 0 atom stereocenters. The van der Waals surface area contributed by atoms with Crippen LogP contribution in [0, 0.1) is 6.92 Å². The van der Waals surface area contributed by atoms with E-state index in [2.05, 4.69) is 20.3 Å². The van der Waals surface area contributed by atoms with Crippen molar-refractivity contribution in [2.24, 2.45) is 0 Å². The number of anilines is 2. The molecule has 0 aliphatic rings. The van der Waals surface area contributed by atoms with Gasteiger partial charge in [0.05, 0.1) is 23.9 Å². The van der Waals surface area contributed by atoms with Crippen molar-refractivity contribution >= 4 is 27.1 Å². The van der Waals surface area contributed by atoms with E-state index >= 15 is 0 Å². The van der Waals surface area contributed by atoms with Gasteiger partial charge >= 0.3 is 0 Å². The molecule has 3 rings (SSSR count). The van der Waals surface area contributed by atoms with Crippen molar-refractivity contribution in [1.29, 1.82) is 0 Å². The highest BCUT2D eigenvalue weighted by Crippen LogP contribution is 2.38. The lowest BCUT2D eigenvalue weighted by Crippen LogP contribution is -2.06. The standard InChI is InChI=1S/C18H18N4O5S/c1-10(23)13-8-19-11(2)20-17(13)21-14-7-5-6-12(16(14)26-3)18-22-15(9-27-18)28(4,24)25/h5-9H,1-4H3,(H,19,20,21). The molecule has 0 aliphatic carbocycles. The van der Waals surface area contributed by atoms with Gasteiger partial charge in [0.25, 0.3) is 0 Å². The number of nitrogens with zero attached hydrogens (tertiary/aromatic N) is 3. The Morgan fingerprint density at radius 3 is 2.61 bits per heavy atom. The van der Waals surface area contributed by atoms with E-state index in [1.807, 2.05) is 0 Å². The number of methoxy groups -OCH3 is 1. The fraction of sp³-hybridized carbons (Fsp3) is 0.222. The van der Waals surface area contributed by atoms with E-state index in [1.54, 1.807) is 25.1 Å². The van der Waals surface area contributed by atoms with Crippen molar-refractivity contribution in [1.82, 2.24) is 15.0 Å². The number of aryl methyl sites for hydroxylation is 1. The van der Waals surface area contributed by atoms with Crippen molar-refractivity contribution in [2.75, 3.05) is 18.7 Å². The lowest BCUT2D eigenvalue weighted by Gasteiger charge is -2.14. The third-order valence-corrected chi connectivity index (χ3v) is 4.80. The van der Waals surface area contributed by atoms with Crippen molar-refractivity contribution in [2.45, 2.75) is 18.9 Å². The number of sulfone groups is 1. The molecule has 10 heteroatoms. The van der Waals surface area contributed by atoms with Crippen LogP contribution in [0.15, 0.2) is 40.1 Å². The predicted octanol–water partition coefficient (Wildman–Crippen LogP) is 2.80. The number of Topliss-reactive ketones (excluding diaryl/α,β-unsaturated/α-hetero) is 1. The number of hydrogen-bond donors (Lipinski definition) is 1. The fourth-order valence-electron chi connectivity index (χ4n) is 2.53. The molecule has 2 aromatic heterocycles. The van der Waals surface area contributed by atoms with E-state index in [4.69, 9.17) is 9.15 Å². The lowest BCUT2D eigenvalue weighted by molar-refractivity contribution is 0.101. The molecule has 2 heterocycles. The minimum Gasteiger partial charge on any atom is -0.494 e. The lowest BCUT2D eigenvalue weighted by atomic mass is 10.1. The van der Waals surface area contributed by atoms with E-state index in [9.17, 15) is 13.2 Å². The van der Waals surface area contributed by atoms with E-state index < -0.39 is 9.84 Å². The molecule has 0 spiro atoms. The number of nitrogens with one attached hydrogen (secondary N) is 1. The molecule has 0 amide bonds. The van der Waals surface area contributed by atoms with Gasteiger partial charge in [-0.1, -0.05) is 6.07 Å². The van der Waals surface area contributed by atoms with Gasteiger partial charge in [0.1, 0.15) is 17.9 Å². The molecule has 3 aromatic rings. The summed E-state index contributed by atoms with van der Waals surface area (Å²) in [6.45, 7) is 3.13. The van der Waals surface area contributed by atoms with E-state index in [-0.39, 0.29) is 16.7 Å². The van der Waals surface area contributed by atoms with Gasteiger partial charge in [0.15, 0.2) is 26.4 Å². The van der Waals surface area contributed by atoms with Crippen molar-refractivity contribution < 1.29 is 22.4 Å². The first kappa shape index (κ1) is 19.5. The number of benzene rings is 1. The zero-order valence-corrected chi connectivity index (χ0v) is 16.5. The maximum atomic E-state index is 11.9. The molecule has 0 fully saturated rings. The van der Waals surface area contributed by atoms with Crippen LogP contribution in [0.3, 0.4) is 0 Å². The van der Waals surface area contributed by atoms with Gasteiger partial charge < -0.3 is 14.5 Å². The highest BCUT2D eigenvalue weighted by molar-refractivity contribution is 7.90. The molecule has 0 aliphatic heterocycles. The Morgan fingerprint density at radius 2 is 2.00 bits per heavy atom. The predicted molar refractivity (Wildman–Crippen MR) is 102 cm³/mol. The quantitative estimate of drug-likeness (QED) is 0.620. The molecule has 0 radical (unpaired) electrons. The molecular weight excluding hydrogens is 384 g/mol. The van der Waals surface area contributed by atoms with Crippen LogP contribution in [0.1, 0.15) is 23.1 Å². The maximum Gasteiger partial charge on any atom is 0.231 e. The topological polar surface area (TPSA) is 124 Å². The SMILES string of the molecule is COc1c(Nc2nc(C)ncc2C(C)=O)cccc1-c1nc(S(C)(=O)=O)co1. The summed E-state index contributed by atoms with van der Waals surface area (Å²) in [5.74, 6) is 1.08. The molecule has 1 N–H and O–H groups in total. The summed E-state index contributed by atoms with van der Waals surface area (Å²) in [4.78, 5) is 24.2. The Hall–Kier alpha value is -3.27. The van der Waals surface area contributed by atoms with Gasteiger partial charge in [-0.25, -0.2) is 18.4 Å². The molecule has 28 heavy (non-hydrogen) atoms. The number of carbonyl (C=O) groups is 1. The Kier molecular flexibility index (Phi) is 5.14. The summed E-state index contributed by atoms with van der Waals surface area (Å²) in [5.41, 5.74) is 1.27. The maximum absolute atomic E-state index is 11.9. The number of ether oxygens (including phenoxy) is 1. The average molecular weight is 402 g/mol. The highest BCUT2D eigenvalue weighted by Gasteiger charge is 2.20. The third-order valence-electron chi connectivity index (χ3n) is 3.85. The molecule has 0 unspecified atom stereocenters. The minimum absolute atomic E-state index is 0.0894. The summed E-state index contributed by atoms with van der Waals surface area (Å²) in [6, 6.07) is 5.12. The van der Waals surface area contributed by atoms with Crippen molar-refractivity contribution in [3.8, 4) is 17.2 Å². The zero-order valence-electron chi connectivity index (χ0n) is 15.7. The first-order chi connectivity index (χ1) is 13.2. The number of hydrogen-bond acceptors (Lipinski definition) is 9. The Labute approximate surface area is 161 Å². The largest absolute Gasteiger partial charge is 0.494 e. The summed E-state index contributed by atoms with van der Waals surface area (Å²) < 4.78 is 34.1. The van der Waals surface area contributed by atoms with Gasteiger partial charge in [-0.15, -0.1) is 0 Å². The van der Waals surface area contributed by atoms with Crippen LogP contribution in [0.25, 0.3) is 11.5 Å². The first-order valence-electron chi connectivity index (χ1n) is 8.15. The summed E-state index contributed by atoms with van der Waals surface area (Å²) in [5, 5.41) is 2.90. The van der Waals surface area contributed by atoms with Crippen LogP contribution < -0.4 is 10.1 Å². The van der Waals surface area contributed by atoms with Crippen molar-refractivity contribution in [3.05, 3.63) is 42.0 Å². The normalized spacial score (nSPS) is 11.3. The zero-order chi connectivity index (χ0) is 20.5. The van der Waals surface area contributed by atoms with Gasteiger partial charge in [0, 0.05) is 12.5 Å². The van der Waals surface area contributed by atoms with Crippen LogP contribution >= 0.6 is 0 Å². The monoisotopic (exact) mass is 402 g/mol. The summed E-state index contributed by atoms with van der Waals surface area (Å²) >= 11 is 0. The van der Waals surface area contributed by atoms with Crippen molar-refractivity contribution in [3.63, 3.8) is 0 Å². The van der Waals surface area contributed by atoms with Gasteiger partial charge in [-0.3, -0.25) is 4.79 Å². The molecule has 1 aromatic carbocycles. The Balaban J connectivity index is 2.08. The second-order valence-electron chi connectivity index (χ2n) is 6.01. The van der Waals surface area contributed by atoms with Gasteiger partial charge in [-0.2, -0.15) is 4.98 Å². The fourth-order valence-corrected chi connectivity index (χ4v) is 3.00. The Morgan fingerprint density at radius 1 is 1.25 bits per heavy atom. The minimum atomic E-state index is -3.50. The molecule has 146 valence electrons. The second kappa shape index (κ2) is 7.39. The van der Waals surface area contributed by atoms with Crippen LogP contribution in [-0.4, -0.2) is 42.5 Å². The van der Waals surface area contributed by atoms with Gasteiger partial charge in [0.2, 0.25) is 5.89 Å². The van der Waals surface area contributed by atoms with Crippen LogP contribution in [0.2, 0.25) is 0 Å². The molecule has 0 saturated heterocycles. The van der Waals surface area contributed by atoms with E-state index in [0.29, 0.717) is 34.2 Å². The van der Waals surface area contributed by atoms with E-state index in [1.165, 1.54) is 20.2 Å². The van der Waals surface area contributed by atoms with Crippen LogP contribution in [-0.2, 0) is 9.84 Å². The van der Waals surface area contributed by atoms with Gasteiger partial charge in [-0.05, 0) is 26.0 Å². The number of para-hydroxylation sites is 1. The molecular formula is C18H18N4O5S. The number of oxazole rings is 1. The molecule has 0 bridgehead atoms. The molecule has 0 saturated carbocycles. The number of carbonyl (C=O) groups excluding carboxylic acids is 1. The smallest absolute Gasteiger partial charge is 0.231 e. The Bertz CT molecular complexity index is 1150. The number of aromatic nitrogens is 3. The van der Waals surface area contributed by atoms with Crippen LogP contribution in [0.4, 0.5) is 11.5 Å². The number of rotatable bonds is 6. The van der Waals surface area contributed by atoms with Crippen LogP contribution in [0.5, 0.6) is 5.75 Å². The first-order valence-corrected chi connectivity index (χ1v) is 10.0. The molecule has 9 nitrogen and oxygen atoms in total. The summed E-state index contributed by atoms with van der Waals surface area (Å²) in [6.07, 6.45) is 3.58. The second-order valence-corrected chi connectivity index (χ2v) is 7.97. The van der Waals surface area contributed by atoms with E-state index in [0.717, 1.165) is 12.5 Å². The highest BCUT2D eigenvalue weighted by atomic mass is 32.2. The third kappa shape index (κ3) is 3.86. The summed E-state index contributed by atoms with van der Waals surface area (Å²) in [7, 11) is -2.04. The number of ketones is 1.